The molecule has 3 heterocycles. The highest BCUT2D eigenvalue weighted by Crippen LogP contribution is 2.11. The molecule has 3 rings (SSSR count). The van der Waals surface area contributed by atoms with Crippen molar-refractivity contribution < 1.29 is 0 Å². The molecule has 1 aliphatic heterocycles. The molecule has 18 heavy (non-hydrogen) atoms. The number of hydrogen-bond acceptors (Lipinski definition) is 4. The maximum atomic E-state index is 11.9. The highest BCUT2D eigenvalue weighted by molar-refractivity contribution is 7.99. The Hall–Kier alpha value is -1.27. The van der Waals surface area contributed by atoms with E-state index in [2.05, 4.69) is 15.0 Å². The van der Waals surface area contributed by atoms with Crippen LogP contribution in [0.5, 0.6) is 0 Å². The van der Waals surface area contributed by atoms with Gasteiger partial charge >= 0.3 is 0 Å². The third-order valence-corrected chi connectivity index (χ3v) is 4.06. The Morgan fingerprint density at radius 3 is 2.94 bits per heavy atom. The number of aromatic nitrogens is 3. The molecule has 5 nitrogen and oxygen atoms in total. The Bertz CT molecular complexity index is 612. The van der Waals surface area contributed by atoms with Gasteiger partial charge in [-0.1, -0.05) is 0 Å². The standard InChI is InChI=1S/C12H16N4OS/c1-9-6-11-13-10(7-12(17)16(11)14-9)8-15-2-4-18-5-3-15/h6-7,14H,2-5,8H2,1H3. The van der Waals surface area contributed by atoms with E-state index in [1.807, 2.05) is 24.8 Å². The van der Waals surface area contributed by atoms with E-state index in [1.165, 1.54) is 16.0 Å². The van der Waals surface area contributed by atoms with Gasteiger partial charge in [-0.2, -0.15) is 11.8 Å². The van der Waals surface area contributed by atoms with E-state index in [1.54, 1.807) is 6.07 Å². The number of fused-ring (bicyclic) bond motifs is 1. The molecule has 1 N–H and O–H groups in total. The molecule has 96 valence electrons. The second-order valence-corrected chi connectivity index (χ2v) is 5.83. The minimum absolute atomic E-state index is 0.0329. The maximum absolute atomic E-state index is 11.9. The molecular formula is C12H16N4OS. The number of H-pyrrole nitrogens is 1. The van der Waals surface area contributed by atoms with Crippen molar-refractivity contribution in [3.8, 4) is 0 Å². The summed E-state index contributed by atoms with van der Waals surface area (Å²) in [6, 6.07) is 3.53. The van der Waals surface area contributed by atoms with Gasteiger partial charge in [0.1, 0.15) is 0 Å². The van der Waals surface area contributed by atoms with Crippen molar-refractivity contribution in [2.75, 3.05) is 24.6 Å². The van der Waals surface area contributed by atoms with Crippen molar-refractivity contribution in [3.05, 3.63) is 33.9 Å². The van der Waals surface area contributed by atoms with Crippen LogP contribution < -0.4 is 5.56 Å². The van der Waals surface area contributed by atoms with E-state index in [4.69, 9.17) is 0 Å². The second kappa shape index (κ2) is 4.78. The molecule has 6 heteroatoms. The highest BCUT2D eigenvalue weighted by Gasteiger charge is 2.12. The Balaban J connectivity index is 1.89. The van der Waals surface area contributed by atoms with Gasteiger partial charge in [-0.3, -0.25) is 14.8 Å². The van der Waals surface area contributed by atoms with Crippen LogP contribution in [0.2, 0.25) is 0 Å². The smallest absolute Gasteiger partial charge is 0.272 e. The quantitative estimate of drug-likeness (QED) is 0.875. The van der Waals surface area contributed by atoms with Gasteiger partial charge in [0.2, 0.25) is 0 Å². The Morgan fingerprint density at radius 1 is 1.39 bits per heavy atom. The molecule has 0 amide bonds. The molecule has 1 aliphatic rings. The predicted molar refractivity (Wildman–Crippen MR) is 73.2 cm³/mol. The van der Waals surface area contributed by atoms with Crippen molar-refractivity contribution in [3.63, 3.8) is 0 Å². The molecule has 2 aromatic heterocycles. The molecule has 0 unspecified atom stereocenters. The lowest BCUT2D eigenvalue weighted by atomic mass is 10.3. The maximum Gasteiger partial charge on any atom is 0.272 e. The van der Waals surface area contributed by atoms with Gasteiger partial charge in [0.15, 0.2) is 5.65 Å². The summed E-state index contributed by atoms with van der Waals surface area (Å²) in [5, 5.41) is 2.98. The number of rotatable bonds is 2. The van der Waals surface area contributed by atoms with Gasteiger partial charge in [0, 0.05) is 49.0 Å². The molecule has 0 aromatic carbocycles. The van der Waals surface area contributed by atoms with E-state index >= 15 is 0 Å². The van der Waals surface area contributed by atoms with Crippen molar-refractivity contribution in [1.82, 2.24) is 19.5 Å². The Labute approximate surface area is 109 Å². The van der Waals surface area contributed by atoms with Crippen LogP contribution in [0.3, 0.4) is 0 Å². The van der Waals surface area contributed by atoms with Crippen LogP contribution >= 0.6 is 11.8 Å². The number of nitrogens with one attached hydrogen (secondary N) is 1. The zero-order valence-electron chi connectivity index (χ0n) is 10.3. The number of thioether (sulfide) groups is 1. The van der Waals surface area contributed by atoms with Crippen LogP contribution in [0.1, 0.15) is 11.4 Å². The molecule has 0 aliphatic carbocycles. The van der Waals surface area contributed by atoms with Crippen LogP contribution in [0.4, 0.5) is 0 Å². The summed E-state index contributed by atoms with van der Waals surface area (Å²) in [4.78, 5) is 18.8. The highest BCUT2D eigenvalue weighted by atomic mass is 32.2. The minimum Gasteiger partial charge on any atom is -0.296 e. The Morgan fingerprint density at radius 2 is 2.17 bits per heavy atom. The van der Waals surface area contributed by atoms with Gasteiger partial charge in [-0.05, 0) is 6.92 Å². The van der Waals surface area contributed by atoms with Crippen molar-refractivity contribution in [2.45, 2.75) is 13.5 Å². The van der Waals surface area contributed by atoms with Gasteiger partial charge in [-0.25, -0.2) is 9.50 Å². The number of aromatic amines is 1. The zero-order valence-corrected chi connectivity index (χ0v) is 11.2. The van der Waals surface area contributed by atoms with Gasteiger partial charge in [0.25, 0.3) is 5.56 Å². The molecule has 2 aromatic rings. The normalized spacial score (nSPS) is 17.4. The topological polar surface area (TPSA) is 53.4 Å². The lowest BCUT2D eigenvalue weighted by Crippen LogP contribution is -2.32. The molecule has 0 spiro atoms. The fourth-order valence-corrected chi connectivity index (χ4v) is 3.21. The average molecular weight is 264 g/mol. The van der Waals surface area contributed by atoms with Gasteiger partial charge < -0.3 is 0 Å². The predicted octanol–water partition coefficient (Wildman–Crippen LogP) is 0.880. The summed E-state index contributed by atoms with van der Waals surface area (Å²) < 4.78 is 1.49. The first-order valence-electron chi connectivity index (χ1n) is 6.11. The van der Waals surface area contributed by atoms with Crippen LogP contribution in [0.25, 0.3) is 5.65 Å². The Kier molecular flexibility index (Phi) is 3.13. The van der Waals surface area contributed by atoms with Crippen LogP contribution in [-0.4, -0.2) is 44.1 Å². The monoisotopic (exact) mass is 264 g/mol. The lowest BCUT2D eigenvalue weighted by molar-refractivity contribution is 0.291. The molecular weight excluding hydrogens is 248 g/mol. The molecule has 0 radical (unpaired) electrons. The first-order chi connectivity index (χ1) is 8.72. The van der Waals surface area contributed by atoms with Crippen molar-refractivity contribution in [1.29, 1.82) is 0 Å². The second-order valence-electron chi connectivity index (χ2n) is 4.61. The largest absolute Gasteiger partial charge is 0.296 e. The summed E-state index contributed by atoms with van der Waals surface area (Å²) in [6.07, 6.45) is 0. The molecule has 0 saturated carbocycles. The zero-order chi connectivity index (χ0) is 12.5. The number of hydrogen-bond donors (Lipinski definition) is 1. The van der Waals surface area contributed by atoms with Gasteiger partial charge in [0.05, 0.1) is 5.69 Å². The van der Waals surface area contributed by atoms with E-state index in [9.17, 15) is 4.79 Å². The van der Waals surface area contributed by atoms with Crippen LogP contribution in [0.15, 0.2) is 16.9 Å². The third kappa shape index (κ3) is 2.30. The first-order valence-corrected chi connectivity index (χ1v) is 7.26. The minimum atomic E-state index is -0.0329. The van der Waals surface area contributed by atoms with E-state index < -0.39 is 0 Å². The van der Waals surface area contributed by atoms with Crippen LogP contribution in [0, 0.1) is 6.92 Å². The first kappa shape index (κ1) is 11.8. The summed E-state index contributed by atoms with van der Waals surface area (Å²) >= 11 is 1.99. The van der Waals surface area contributed by atoms with Gasteiger partial charge in [-0.15, -0.1) is 0 Å². The fraction of sp³-hybridized carbons (Fsp3) is 0.500. The summed E-state index contributed by atoms with van der Waals surface area (Å²) in [5.41, 5.74) is 2.49. The third-order valence-electron chi connectivity index (χ3n) is 3.12. The van der Waals surface area contributed by atoms with E-state index in [0.717, 1.165) is 31.0 Å². The molecule has 1 fully saturated rings. The molecule has 1 saturated heterocycles. The van der Waals surface area contributed by atoms with Crippen molar-refractivity contribution in [2.24, 2.45) is 0 Å². The fourth-order valence-electron chi connectivity index (χ4n) is 2.23. The summed E-state index contributed by atoms with van der Waals surface area (Å²) in [6.45, 7) is 4.86. The van der Waals surface area contributed by atoms with Crippen molar-refractivity contribution >= 4 is 17.4 Å². The number of nitrogens with zero attached hydrogens (tertiary/aromatic N) is 3. The molecule has 0 atom stereocenters. The SMILES string of the molecule is Cc1cc2nc(CN3CCSCC3)cc(=O)n2[nH]1. The molecule has 0 bridgehead atoms. The summed E-state index contributed by atoms with van der Waals surface area (Å²) in [5.74, 6) is 2.34. The summed E-state index contributed by atoms with van der Waals surface area (Å²) in [7, 11) is 0. The number of aryl methyl sites for hydroxylation is 1. The lowest BCUT2D eigenvalue weighted by Gasteiger charge is -2.25. The van der Waals surface area contributed by atoms with Crippen LogP contribution in [-0.2, 0) is 6.54 Å². The van der Waals surface area contributed by atoms with E-state index in [0.29, 0.717) is 5.65 Å². The van der Waals surface area contributed by atoms with E-state index in [-0.39, 0.29) is 5.56 Å². The average Bonchev–Trinajstić information content (AvgIpc) is 2.72.